The predicted molar refractivity (Wildman–Crippen MR) is 63.7 cm³/mol. The lowest BCUT2D eigenvalue weighted by Crippen LogP contribution is -2.32. The Morgan fingerprint density at radius 2 is 1.67 bits per heavy atom. The zero-order valence-electron chi connectivity index (χ0n) is 9.76. The van der Waals surface area contributed by atoms with Crippen LogP contribution in [0.5, 0.6) is 0 Å². The van der Waals surface area contributed by atoms with Gasteiger partial charge in [0.25, 0.3) is 0 Å². The first kappa shape index (κ1) is 10.9. The van der Waals surface area contributed by atoms with Gasteiger partial charge in [-0.15, -0.1) is 0 Å². The van der Waals surface area contributed by atoms with Crippen LogP contribution in [0.3, 0.4) is 0 Å². The molecule has 0 saturated carbocycles. The topological polar surface area (TPSA) is 20.2 Å². The molecule has 0 heterocycles. The summed E-state index contributed by atoms with van der Waals surface area (Å²) < 4.78 is 0. The number of aliphatic hydroxyl groups is 1. The molecule has 0 bridgehead atoms. The second kappa shape index (κ2) is 4.52. The predicted octanol–water partition coefficient (Wildman–Crippen LogP) is 3.74. The Morgan fingerprint density at radius 1 is 1.13 bits per heavy atom. The van der Waals surface area contributed by atoms with Crippen molar-refractivity contribution >= 4 is 0 Å². The van der Waals surface area contributed by atoms with Gasteiger partial charge in [0, 0.05) is 0 Å². The molecule has 0 spiro atoms. The molecule has 0 unspecified atom stereocenters. The average Bonchev–Trinajstić information content (AvgIpc) is 2.92. The van der Waals surface area contributed by atoms with E-state index in [0.717, 1.165) is 38.5 Å². The molecule has 2 rings (SSSR count). The molecule has 0 fully saturated rings. The standard InChI is InChI=1S/C14H22O/c1-2-11-14(15,12-7-3-4-8-12)13-9-5-6-10-13/h7,9,15H,2-6,8,10-11H2,1H3. The second-order valence-corrected chi connectivity index (χ2v) is 4.85. The maximum Gasteiger partial charge on any atom is 0.107 e. The van der Waals surface area contributed by atoms with Crippen molar-refractivity contribution < 1.29 is 5.11 Å². The van der Waals surface area contributed by atoms with Gasteiger partial charge in [-0.05, 0) is 56.1 Å². The molecule has 1 N–H and O–H groups in total. The zero-order chi connectivity index (χ0) is 10.7. The lowest BCUT2D eigenvalue weighted by atomic mass is 9.81. The smallest absolute Gasteiger partial charge is 0.107 e. The van der Waals surface area contributed by atoms with E-state index in [4.69, 9.17) is 0 Å². The van der Waals surface area contributed by atoms with Crippen LogP contribution < -0.4 is 0 Å². The Labute approximate surface area is 92.9 Å². The summed E-state index contributed by atoms with van der Waals surface area (Å²) in [5.41, 5.74) is 2.04. The Balaban J connectivity index is 2.22. The van der Waals surface area contributed by atoms with E-state index in [1.54, 1.807) is 0 Å². The van der Waals surface area contributed by atoms with Gasteiger partial charge < -0.3 is 5.11 Å². The van der Waals surface area contributed by atoms with Gasteiger partial charge in [0.1, 0.15) is 5.60 Å². The number of allylic oxidation sites excluding steroid dienone is 2. The molecule has 0 aromatic heterocycles. The fourth-order valence-electron chi connectivity index (χ4n) is 2.98. The average molecular weight is 206 g/mol. The summed E-state index contributed by atoms with van der Waals surface area (Å²) in [5.74, 6) is 0. The minimum atomic E-state index is -0.568. The maximum atomic E-state index is 10.9. The molecule has 0 atom stereocenters. The van der Waals surface area contributed by atoms with Gasteiger partial charge in [-0.25, -0.2) is 0 Å². The monoisotopic (exact) mass is 206 g/mol. The summed E-state index contributed by atoms with van der Waals surface area (Å²) >= 11 is 0. The van der Waals surface area contributed by atoms with E-state index in [2.05, 4.69) is 19.1 Å². The van der Waals surface area contributed by atoms with Crippen molar-refractivity contribution in [3.05, 3.63) is 23.3 Å². The highest BCUT2D eigenvalue weighted by atomic mass is 16.3. The molecule has 1 heteroatoms. The van der Waals surface area contributed by atoms with Crippen LogP contribution in [0, 0.1) is 0 Å². The SMILES string of the molecule is CCCC(O)(C1=CCCC1)C1=CCCC1. The van der Waals surface area contributed by atoms with Crippen LogP contribution in [-0.4, -0.2) is 10.7 Å². The molecule has 0 saturated heterocycles. The summed E-state index contributed by atoms with van der Waals surface area (Å²) in [4.78, 5) is 0. The minimum absolute atomic E-state index is 0.568. The third-order valence-electron chi connectivity index (χ3n) is 3.76. The molecule has 0 aromatic rings. The van der Waals surface area contributed by atoms with E-state index >= 15 is 0 Å². The molecular formula is C14H22O. The summed E-state index contributed by atoms with van der Waals surface area (Å²) in [6.07, 6.45) is 13.5. The molecule has 2 aliphatic carbocycles. The van der Waals surface area contributed by atoms with Crippen molar-refractivity contribution in [1.29, 1.82) is 0 Å². The Hall–Kier alpha value is -0.560. The molecule has 0 aromatic carbocycles. The van der Waals surface area contributed by atoms with Crippen LogP contribution in [0.2, 0.25) is 0 Å². The van der Waals surface area contributed by atoms with Crippen molar-refractivity contribution in [2.75, 3.05) is 0 Å². The molecule has 84 valence electrons. The highest BCUT2D eigenvalue weighted by molar-refractivity contribution is 5.35. The van der Waals surface area contributed by atoms with Gasteiger partial charge in [-0.3, -0.25) is 0 Å². The van der Waals surface area contributed by atoms with E-state index in [-0.39, 0.29) is 0 Å². The van der Waals surface area contributed by atoms with Crippen LogP contribution in [0.1, 0.15) is 58.3 Å². The van der Waals surface area contributed by atoms with Crippen LogP contribution in [-0.2, 0) is 0 Å². The van der Waals surface area contributed by atoms with Crippen molar-refractivity contribution in [2.24, 2.45) is 0 Å². The third kappa shape index (κ3) is 2.03. The molecule has 0 amide bonds. The Bertz CT molecular complexity index is 262. The van der Waals surface area contributed by atoms with E-state index in [1.165, 1.54) is 24.0 Å². The van der Waals surface area contributed by atoms with Crippen LogP contribution in [0.4, 0.5) is 0 Å². The summed E-state index contributed by atoms with van der Waals surface area (Å²) in [7, 11) is 0. The minimum Gasteiger partial charge on any atom is -0.381 e. The molecular weight excluding hydrogens is 184 g/mol. The highest BCUT2D eigenvalue weighted by Crippen LogP contribution is 2.41. The van der Waals surface area contributed by atoms with Gasteiger partial charge >= 0.3 is 0 Å². The fraction of sp³-hybridized carbons (Fsp3) is 0.714. The number of hydrogen-bond donors (Lipinski definition) is 1. The maximum absolute atomic E-state index is 10.9. The molecule has 0 radical (unpaired) electrons. The van der Waals surface area contributed by atoms with Gasteiger partial charge in [0.2, 0.25) is 0 Å². The summed E-state index contributed by atoms with van der Waals surface area (Å²) in [6.45, 7) is 2.16. The van der Waals surface area contributed by atoms with Crippen molar-refractivity contribution in [3.63, 3.8) is 0 Å². The van der Waals surface area contributed by atoms with Crippen LogP contribution >= 0.6 is 0 Å². The quantitative estimate of drug-likeness (QED) is 0.695. The first-order valence-corrected chi connectivity index (χ1v) is 6.39. The largest absolute Gasteiger partial charge is 0.381 e. The summed E-state index contributed by atoms with van der Waals surface area (Å²) in [6, 6.07) is 0. The van der Waals surface area contributed by atoms with Crippen molar-refractivity contribution in [1.82, 2.24) is 0 Å². The van der Waals surface area contributed by atoms with Crippen LogP contribution in [0.15, 0.2) is 23.3 Å². The molecule has 15 heavy (non-hydrogen) atoms. The number of rotatable bonds is 4. The van der Waals surface area contributed by atoms with Gasteiger partial charge in [-0.1, -0.05) is 25.5 Å². The van der Waals surface area contributed by atoms with E-state index < -0.39 is 5.60 Å². The van der Waals surface area contributed by atoms with E-state index in [0.29, 0.717) is 0 Å². The lowest BCUT2D eigenvalue weighted by Gasteiger charge is -2.31. The second-order valence-electron chi connectivity index (χ2n) is 4.85. The molecule has 0 aliphatic heterocycles. The third-order valence-corrected chi connectivity index (χ3v) is 3.76. The van der Waals surface area contributed by atoms with E-state index in [1.807, 2.05) is 0 Å². The zero-order valence-corrected chi connectivity index (χ0v) is 9.76. The first-order chi connectivity index (χ1) is 7.27. The fourth-order valence-corrected chi connectivity index (χ4v) is 2.98. The lowest BCUT2D eigenvalue weighted by molar-refractivity contribution is 0.101. The highest BCUT2D eigenvalue weighted by Gasteiger charge is 2.36. The van der Waals surface area contributed by atoms with E-state index in [9.17, 15) is 5.11 Å². The molecule has 2 aliphatic rings. The Morgan fingerprint density at radius 3 is 2.00 bits per heavy atom. The molecule has 1 nitrogen and oxygen atoms in total. The van der Waals surface area contributed by atoms with Crippen molar-refractivity contribution in [2.45, 2.75) is 63.9 Å². The van der Waals surface area contributed by atoms with Crippen LogP contribution in [0.25, 0.3) is 0 Å². The van der Waals surface area contributed by atoms with Gasteiger partial charge in [0.15, 0.2) is 0 Å². The number of hydrogen-bond acceptors (Lipinski definition) is 1. The van der Waals surface area contributed by atoms with Crippen molar-refractivity contribution in [3.8, 4) is 0 Å². The normalized spacial score (nSPS) is 21.7. The summed E-state index contributed by atoms with van der Waals surface area (Å²) in [5, 5.41) is 10.9. The Kier molecular flexibility index (Phi) is 3.30. The van der Waals surface area contributed by atoms with Gasteiger partial charge in [0.05, 0.1) is 0 Å². The first-order valence-electron chi connectivity index (χ1n) is 6.39. The van der Waals surface area contributed by atoms with Gasteiger partial charge in [-0.2, -0.15) is 0 Å².